The Balaban J connectivity index is 1.61. The molecule has 1 aliphatic heterocycles. The van der Waals surface area contributed by atoms with Crippen molar-refractivity contribution in [3.63, 3.8) is 0 Å². The summed E-state index contributed by atoms with van der Waals surface area (Å²) in [6.45, 7) is 6.37. The number of nitrogens with one attached hydrogen (secondary N) is 1. The van der Waals surface area contributed by atoms with Gasteiger partial charge in [0.2, 0.25) is 5.91 Å². The molecule has 7 nitrogen and oxygen atoms in total. The van der Waals surface area contributed by atoms with E-state index >= 15 is 0 Å². The van der Waals surface area contributed by atoms with Crippen molar-refractivity contribution in [1.29, 1.82) is 0 Å². The molecule has 2 aromatic heterocycles. The average molecular weight is 315 g/mol. The second kappa shape index (κ2) is 6.87. The van der Waals surface area contributed by atoms with Crippen LogP contribution in [0.4, 0.5) is 5.82 Å². The molecule has 0 spiro atoms. The van der Waals surface area contributed by atoms with E-state index in [1.54, 1.807) is 18.6 Å². The van der Waals surface area contributed by atoms with Gasteiger partial charge in [-0.15, -0.1) is 0 Å². The lowest BCUT2D eigenvalue weighted by molar-refractivity contribution is -0.121. The predicted octanol–water partition coefficient (Wildman–Crippen LogP) is 1.93. The molecule has 7 heteroatoms. The lowest BCUT2D eigenvalue weighted by Gasteiger charge is -2.31. The van der Waals surface area contributed by atoms with E-state index in [1.807, 2.05) is 13.8 Å². The Kier molecular flexibility index (Phi) is 4.66. The highest BCUT2D eigenvalue weighted by Crippen LogP contribution is 2.22. The van der Waals surface area contributed by atoms with Gasteiger partial charge in [0.15, 0.2) is 5.82 Å². The molecule has 23 heavy (non-hydrogen) atoms. The van der Waals surface area contributed by atoms with Gasteiger partial charge in [-0.05, 0) is 33.2 Å². The van der Waals surface area contributed by atoms with E-state index in [-0.39, 0.29) is 11.8 Å². The van der Waals surface area contributed by atoms with E-state index in [4.69, 9.17) is 4.52 Å². The molecule has 1 saturated heterocycles. The third kappa shape index (κ3) is 3.73. The Morgan fingerprint density at radius 1 is 1.43 bits per heavy atom. The molecule has 0 saturated carbocycles. The maximum atomic E-state index is 12.4. The Morgan fingerprint density at radius 2 is 2.30 bits per heavy atom. The van der Waals surface area contributed by atoms with E-state index in [1.165, 1.54) is 0 Å². The molecule has 0 unspecified atom stereocenters. The first-order chi connectivity index (χ1) is 11.1. The van der Waals surface area contributed by atoms with Crippen molar-refractivity contribution in [3.05, 3.63) is 35.6 Å². The molecule has 122 valence electrons. The Morgan fingerprint density at radius 3 is 3.00 bits per heavy atom. The van der Waals surface area contributed by atoms with E-state index < -0.39 is 0 Å². The van der Waals surface area contributed by atoms with Gasteiger partial charge in [-0.2, -0.15) is 0 Å². The van der Waals surface area contributed by atoms with Crippen LogP contribution in [-0.2, 0) is 11.3 Å². The summed E-state index contributed by atoms with van der Waals surface area (Å²) in [5.74, 6) is 1.33. The van der Waals surface area contributed by atoms with Gasteiger partial charge >= 0.3 is 0 Å². The highest BCUT2D eigenvalue weighted by Gasteiger charge is 2.27. The number of likely N-dealkylation sites (tertiary alicyclic amines) is 1. The molecular weight excluding hydrogens is 294 g/mol. The third-order valence-electron chi connectivity index (χ3n) is 4.25. The quantitative estimate of drug-likeness (QED) is 0.928. The molecule has 0 aromatic carbocycles. The number of carbonyl (C=O) groups excluding carboxylic acids is 1. The molecule has 1 fully saturated rings. The fourth-order valence-electron chi connectivity index (χ4n) is 2.96. The maximum Gasteiger partial charge on any atom is 0.229 e. The zero-order valence-corrected chi connectivity index (χ0v) is 13.5. The number of amides is 1. The van der Waals surface area contributed by atoms with Crippen LogP contribution in [0.1, 0.15) is 29.9 Å². The van der Waals surface area contributed by atoms with Gasteiger partial charge in [-0.3, -0.25) is 14.7 Å². The van der Waals surface area contributed by atoms with Crippen molar-refractivity contribution in [2.75, 3.05) is 18.4 Å². The Bertz CT molecular complexity index is 651. The lowest BCUT2D eigenvalue weighted by atomic mass is 9.96. The van der Waals surface area contributed by atoms with Crippen LogP contribution in [0.5, 0.6) is 0 Å². The molecule has 1 N–H and O–H groups in total. The van der Waals surface area contributed by atoms with Crippen LogP contribution in [0.25, 0.3) is 0 Å². The minimum atomic E-state index is -0.0359. The number of aryl methyl sites for hydroxylation is 2. The lowest BCUT2D eigenvalue weighted by Crippen LogP contribution is -2.40. The van der Waals surface area contributed by atoms with Crippen molar-refractivity contribution in [2.45, 2.75) is 33.2 Å². The zero-order valence-electron chi connectivity index (χ0n) is 13.5. The van der Waals surface area contributed by atoms with Gasteiger partial charge in [0, 0.05) is 31.0 Å². The van der Waals surface area contributed by atoms with Gasteiger partial charge in [0.05, 0.1) is 17.8 Å². The number of hydrogen-bond acceptors (Lipinski definition) is 6. The normalized spacial score (nSPS) is 18.8. The molecule has 3 heterocycles. The summed E-state index contributed by atoms with van der Waals surface area (Å²) >= 11 is 0. The van der Waals surface area contributed by atoms with Crippen LogP contribution >= 0.6 is 0 Å². The van der Waals surface area contributed by atoms with Crippen molar-refractivity contribution < 1.29 is 9.32 Å². The number of hydrogen-bond donors (Lipinski definition) is 1. The SMILES string of the molecule is Cc1noc(C)c1CN1CCC[C@@H](C(=O)Nc2cnccn2)C1. The summed E-state index contributed by atoms with van der Waals surface area (Å²) < 4.78 is 5.22. The fraction of sp³-hybridized carbons (Fsp3) is 0.500. The van der Waals surface area contributed by atoms with E-state index in [9.17, 15) is 4.79 Å². The summed E-state index contributed by atoms with van der Waals surface area (Å²) in [5.41, 5.74) is 2.05. The maximum absolute atomic E-state index is 12.4. The third-order valence-corrected chi connectivity index (χ3v) is 4.25. The molecule has 1 aliphatic rings. The first-order valence-electron chi connectivity index (χ1n) is 7.84. The minimum Gasteiger partial charge on any atom is -0.361 e. The van der Waals surface area contributed by atoms with Gasteiger partial charge in [0.25, 0.3) is 0 Å². The number of rotatable bonds is 4. The predicted molar refractivity (Wildman–Crippen MR) is 84.6 cm³/mol. The van der Waals surface area contributed by atoms with Crippen molar-refractivity contribution in [1.82, 2.24) is 20.0 Å². The number of carbonyl (C=O) groups is 1. The smallest absolute Gasteiger partial charge is 0.229 e. The Labute approximate surface area is 135 Å². The summed E-state index contributed by atoms with van der Waals surface area (Å²) in [5, 5.41) is 6.84. The largest absolute Gasteiger partial charge is 0.361 e. The first kappa shape index (κ1) is 15.6. The topological polar surface area (TPSA) is 84.2 Å². The van der Waals surface area contributed by atoms with Crippen LogP contribution in [0, 0.1) is 19.8 Å². The summed E-state index contributed by atoms with van der Waals surface area (Å²) in [6.07, 6.45) is 6.61. The second-order valence-corrected chi connectivity index (χ2v) is 5.96. The van der Waals surface area contributed by atoms with Gasteiger partial charge in [-0.25, -0.2) is 4.98 Å². The molecule has 1 amide bonds. The number of piperidine rings is 1. The number of anilines is 1. The molecular formula is C16H21N5O2. The first-order valence-corrected chi connectivity index (χ1v) is 7.84. The summed E-state index contributed by atoms with van der Waals surface area (Å²) in [6, 6.07) is 0. The molecule has 0 radical (unpaired) electrons. The molecule has 2 aromatic rings. The van der Waals surface area contributed by atoms with Gasteiger partial charge in [0.1, 0.15) is 5.76 Å². The van der Waals surface area contributed by atoms with Crippen LogP contribution < -0.4 is 5.32 Å². The summed E-state index contributed by atoms with van der Waals surface area (Å²) in [4.78, 5) is 22.8. The molecule has 0 aliphatic carbocycles. The highest BCUT2D eigenvalue weighted by molar-refractivity contribution is 5.91. The molecule has 3 rings (SSSR count). The number of aromatic nitrogens is 3. The monoisotopic (exact) mass is 315 g/mol. The minimum absolute atomic E-state index is 0.00830. The van der Waals surface area contributed by atoms with E-state index in [2.05, 4.69) is 25.3 Å². The summed E-state index contributed by atoms with van der Waals surface area (Å²) in [7, 11) is 0. The van der Waals surface area contributed by atoms with E-state index in [0.717, 1.165) is 49.5 Å². The number of nitrogens with zero attached hydrogens (tertiary/aromatic N) is 4. The second-order valence-electron chi connectivity index (χ2n) is 5.96. The van der Waals surface area contributed by atoms with Crippen LogP contribution in [0.15, 0.2) is 23.1 Å². The van der Waals surface area contributed by atoms with Crippen LogP contribution in [0.3, 0.4) is 0 Å². The van der Waals surface area contributed by atoms with Crippen LogP contribution in [-0.4, -0.2) is 39.0 Å². The van der Waals surface area contributed by atoms with Crippen molar-refractivity contribution in [3.8, 4) is 0 Å². The standard InChI is InChI=1S/C16H21N5O2/c1-11-14(12(2)23-20-11)10-21-7-3-4-13(9-21)16(22)19-15-8-17-5-6-18-15/h5-6,8,13H,3-4,7,9-10H2,1-2H3,(H,18,19,22)/t13-/m1/s1. The van der Waals surface area contributed by atoms with E-state index in [0.29, 0.717) is 5.82 Å². The van der Waals surface area contributed by atoms with Crippen LogP contribution in [0.2, 0.25) is 0 Å². The average Bonchev–Trinajstić information content (AvgIpc) is 2.88. The fourth-order valence-corrected chi connectivity index (χ4v) is 2.96. The zero-order chi connectivity index (χ0) is 16.2. The van der Waals surface area contributed by atoms with Gasteiger partial charge in [-0.1, -0.05) is 5.16 Å². The van der Waals surface area contributed by atoms with Crippen molar-refractivity contribution in [2.24, 2.45) is 5.92 Å². The van der Waals surface area contributed by atoms with Crippen molar-refractivity contribution >= 4 is 11.7 Å². The molecule has 0 bridgehead atoms. The molecule has 1 atom stereocenters. The Hall–Kier alpha value is -2.28. The highest BCUT2D eigenvalue weighted by atomic mass is 16.5. The van der Waals surface area contributed by atoms with Gasteiger partial charge < -0.3 is 9.84 Å².